The lowest BCUT2D eigenvalue weighted by molar-refractivity contribution is -0.274. The molecule has 2 amide bonds. The fraction of sp³-hybridized carbons (Fsp3) is 0.444. The number of ether oxygens (including phenoxy) is 1. The second-order valence-electron chi connectivity index (χ2n) is 13.4. The molecular formula is C36H42F3N3O4. The molecule has 1 heterocycles. The Hall–Kier alpha value is -3.89. The monoisotopic (exact) mass is 637 g/mol. The number of amides is 2. The molecule has 0 radical (unpaired) electrons. The van der Waals surface area contributed by atoms with Gasteiger partial charge in [0.15, 0.2) is 0 Å². The molecule has 2 aliphatic rings. The van der Waals surface area contributed by atoms with Crippen molar-refractivity contribution in [3.05, 3.63) is 101 Å². The van der Waals surface area contributed by atoms with Crippen LogP contribution in [0.1, 0.15) is 65.5 Å². The molecule has 0 spiro atoms. The molecule has 1 saturated carbocycles. The Bertz CT molecular complexity index is 1530. The molecule has 0 aromatic heterocycles. The number of rotatable bonds is 11. The number of piperidine rings is 1. The van der Waals surface area contributed by atoms with E-state index in [1.54, 1.807) is 30.3 Å². The number of halogens is 3. The Balaban J connectivity index is 1.24. The van der Waals surface area contributed by atoms with Gasteiger partial charge in [0.05, 0.1) is 12.1 Å². The maximum absolute atomic E-state index is 13.6. The first kappa shape index (κ1) is 33.5. The number of alkyl halides is 3. The zero-order valence-electron chi connectivity index (χ0n) is 26.4. The average molecular weight is 638 g/mol. The maximum atomic E-state index is 13.6. The second-order valence-corrected chi connectivity index (χ2v) is 13.4. The van der Waals surface area contributed by atoms with Gasteiger partial charge >= 0.3 is 6.36 Å². The van der Waals surface area contributed by atoms with E-state index in [4.69, 9.17) is 0 Å². The van der Waals surface area contributed by atoms with Crippen LogP contribution in [0.3, 0.4) is 0 Å². The molecule has 5 rings (SSSR count). The van der Waals surface area contributed by atoms with E-state index in [0.717, 1.165) is 18.4 Å². The topological polar surface area (TPSA) is 90.9 Å². The normalized spacial score (nSPS) is 21.8. The number of hydrogen-bond acceptors (Lipinski definition) is 5. The summed E-state index contributed by atoms with van der Waals surface area (Å²) in [6.07, 6.45) is -3.28. The first-order chi connectivity index (χ1) is 21.7. The summed E-state index contributed by atoms with van der Waals surface area (Å²) < 4.78 is 41.8. The Morgan fingerprint density at radius 3 is 2.39 bits per heavy atom. The van der Waals surface area contributed by atoms with Crippen LogP contribution < -0.4 is 15.4 Å². The zero-order chi connectivity index (χ0) is 33.1. The van der Waals surface area contributed by atoms with Crippen molar-refractivity contribution in [2.45, 2.75) is 65.1 Å². The van der Waals surface area contributed by atoms with Gasteiger partial charge in [-0.15, -0.1) is 13.2 Å². The summed E-state index contributed by atoms with van der Waals surface area (Å²) in [5.74, 6) is -0.392. The molecule has 0 unspecified atom stereocenters. The highest BCUT2D eigenvalue weighted by Gasteiger charge is 2.56. The van der Waals surface area contributed by atoms with Crippen LogP contribution in [0.25, 0.3) is 0 Å². The van der Waals surface area contributed by atoms with E-state index >= 15 is 0 Å². The van der Waals surface area contributed by atoms with Gasteiger partial charge in [0.25, 0.3) is 11.8 Å². The van der Waals surface area contributed by atoms with Gasteiger partial charge in [-0.25, -0.2) is 0 Å². The van der Waals surface area contributed by atoms with Crippen molar-refractivity contribution in [3.63, 3.8) is 0 Å². The minimum atomic E-state index is -4.79. The zero-order valence-corrected chi connectivity index (χ0v) is 26.4. The van der Waals surface area contributed by atoms with Crippen molar-refractivity contribution < 1.29 is 32.6 Å². The molecule has 2 bridgehead atoms. The first-order valence-corrected chi connectivity index (χ1v) is 15.7. The molecule has 246 valence electrons. The SMILES string of the molecule is CC1(C)[C@@H]2CC[C@@]1(C)CN(C(=O)c1cccc(C(=O)N[C@@H](Cc3ccccc3)[C@H](O)CNCc3cccc(OC(F)(F)F)c3)c1)C2. The number of aliphatic hydroxyl groups excluding tert-OH is 1. The van der Waals surface area contributed by atoms with Crippen molar-refractivity contribution in [1.82, 2.24) is 15.5 Å². The molecule has 1 aliphatic heterocycles. The van der Waals surface area contributed by atoms with Crippen molar-refractivity contribution in [2.75, 3.05) is 19.6 Å². The van der Waals surface area contributed by atoms with Gasteiger partial charge in [-0.2, -0.15) is 0 Å². The summed E-state index contributed by atoms with van der Waals surface area (Å²) in [7, 11) is 0. The summed E-state index contributed by atoms with van der Waals surface area (Å²) in [5, 5.41) is 17.2. The highest BCUT2D eigenvalue weighted by Crippen LogP contribution is 2.59. The van der Waals surface area contributed by atoms with E-state index in [-0.39, 0.29) is 35.6 Å². The minimum absolute atomic E-state index is 0.0506. The van der Waals surface area contributed by atoms with Gasteiger partial charge in [0.1, 0.15) is 5.75 Å². The van der Waals surface area contributed by atoms with E-state index in [0.29, 0.717) is 42.1 Å². The van der Waals surface area contributed by atoms with Gasteiger partial charge in [0.2, 0.25) is 0 Å². The van der Waals surface area contributed by atoms with Crippen LogP contribution in [0.5, 0.6) is 5.75 Å². The van der Waals surface area contributed by atoms with Gasteiger partial charge in [-0.1, -0.05) is 69.3 Å². The van der Waals surface area contributed by atoms with Crippen LogP contribution in [0, 0.1) is 16.7 Å². The molecular weight excluding hydrogens is 595 g/mol. The van der Waals surface area contributed by atoms with Gasteiger partial charge in [0, 0.05) is 37.3 Å². The summed E-state index contributed by atoms with van der Waals surface area (Å²) in [6, 6.07) is 21.0. The standard InChI is InChI=1S/C36H42F3N3O4/c1-34(2)28-15-16-35(34,3)23-42(22-28)33(45)27-13-8-12-26(19-27)32(44)41-30(18-24-9-5-4-6-10-24)31(43)21-40-20-25-11-7-14-29(17-25)46-36(37,38)39/h4-14,17,19,28,30-31,40,43H,15-16,18,20-23H2,1-3H3,(H,41,44)/t28-,30+,31-,35+/m1/s1. The third-order valence-corrected chi connectivity index (χ3v) is 10.2. The van der Waals surface area contributed by atoms with E-state index in [2.05, 4.69) is 36.1 Å². The first-order valence-electron chi connectivity index (χ1n) is 15.7. The number of fused-ring (bicyclic) bond motifs is 2. The van der Waals surface area contributed by atoms with E-state index in [1.807, 2.05) is 35.2 Å². The van der Waals surface area contributed by atoms with Crippen molar-refractivity contribution in [3.8, 4) is 5.75 Å². The summed E-state index contributed by atoms with van der Waals surface area (Å²) in [4.78, 5) is 29.1. The van der Waals surface area contributed by atoms with Crippen LogP contribution in [0.4, 0.5) is 13.2 Å². The van der Waals surface area contributed by atoms with Gasteiger partial charge in [-0.3, -0.25) is 9.59 Å². The summed E-state index contributed by atoms with van der Waals surface area (Å²) in [6.45, 7) is 8.50. The Labute approximate surface area is 268 Å². The van der Waals surface area contributed by atoms with E-state index in [9.17, 15) is 27.9 Å². The molecule has 7 nitrogen and oxygen atoms in total. The highest BCUT2D eigenvalue weighted by atomic mass is 19.4. The Morgan fingerprint density at radius 2 is 1.67 bits per heavy atom. The third kappa shape index (κ3) is 7.73. The highest BCUT2D eigenvalue weighted by molar-refractivity contribution is 6.00. The predicted octanol–water partition coefficient (Wildman–Crippen LogP) is 5.98. The van der Waals surface area contributed by atoms with Gasteiger partial charge in [-0.05, 0) is 77.5 Å². The third-order valence-electron chi connectivity index (χ3n) is 10.2. The second kappa shape index (κ2) is 13.5. The number of nitrogens with zero attached hydrogens (tertiary/aromatic N) is 1. The summed E-state index contributed by atoms with van der Waals surface area (Å²) in [5.41, 5.74) is 2.43. The van der Waals surface area contributed by atoms with E-state index < -0.39 is 24.4 Å². The molecule has 4 atom stereocenters. The lowest BCUT2D eigenvalue weighted by Crippen LogP contribution is -2.53. The molecule has 3 aromatic rings. The van der Waals surface area contributed by atoms with E-state index in [1.165, 1.54) is 18.2 Å². The molecule has 3 aromatic carbocycles. The Morgan fingerprint density at radius 1 is 0.978 bits per heavy atom. The van der Waals surface area contributed by atoms with Crippen molar-refractivity contribution in [2.24, 2.45) is 16.7 Å². The minimum Gasteiger partial charge on any atom is -0.406 e. The summed E-state index contributed by atoms with van der Waals surface area (Å²) >= 11 is 0. The fourth-order valence-corrected chi connectivity index (χ4v) is 6.92. The van der Waals surface area contributed by atoms with Crippen LogP contribution in [0.15, 0.2) is 78.9 Å². The molecule has 1 aliphatic carbocycles. The lowest BCUT2D eigenvalue weighted by Gasteiger charge is -2.50. The Kier molecular flexibility index (Phi) is 9.79. The average Bonchev–Trinajstić information content (AvgIpc) is 3.12. The number of benzene rings is 3. The maximum Gasteiger partial charge on any atom is 0.573 e. The molecule has 3 N–H and O–H groups in total. The van der Waals surface area contributed by atoms with Crippen LogP contribution in [-0.2, 0) is 13.0 Å². The number of likely N-dealkylation sites (tertiary alicyclic amines) is 1. The smallest absolute Gasteiger partial charge is 0.406 e. The van der Waals surface area contributed by atoms with Crippen LogP contribution >= 0.6 is 0 Å². The molecule has 1 saturated heterocycles. The van der Waals surface area contributed by atoms with Crippen molar-refractivity contribution >= 4 is 11.8 Å². The van der Waals surface area contributed by atoms with Gasteiger partial charge < -0.3 is 25.4 Å². The fourth-order valence-electron chi connectivity index (χ4n) is 6.92. The quantitative estimate of drug-likeness (QED) is 0.241. The number of aliphatic hydroxyl groups is 1. The van der Waals surface area contributed by atoms with Crippen molar-refractivity contribution in [1.29, 1.82) is 0 Å². The largest absolute Gasteiger partial charge is 0.573 e. The molecule has 2 fully saturated rings. The number of carbonyl (C=O) groups excluding carboxylic acids is 2. The van der Waals surface area contributed by atoms with Crippen LogP contribution in [0.2, 0.25) is 0 Å². The number of hydrogen-bond donors (Lipinski definition) is 3. The molecule has 10 heteroatoms. The number of carbonyl (C=O) groups is 2. The number of nitrogens with one attached hydrogen (secondary N) is 2. The molecule has 46 heavy (non-hydrogen) atoms. The predicted molar refractivity (Wildman–Crippen MR) is 169 cm³/mol. The van der Waals surface area contributed by atoms with Crippen LogP contribution in [-0.4, -0.2) is 60.0 Å². The lowest BCUT2D eigenvalue weighted by atomic mass is 9.63.